The van der Waals surface area contributed by atoms with Crippen LogP contribution >= 0.6 is 0 Å². The minimum absolute atomic E-state index is 0.222. The van der Waals surface area contributed by atoms with Gasteiger partial charge in [0.25, 0.3) is 0 Å². The minimum Gasteiger partial charge on any atom is -0.325 e. The molecule has 0 aromatic rings. The molecule has 45 valence electrons. The summed E-state index contributed by atoms with van der Waals surface area (Å²) in [5.74, 6) is 0. The zero-order valence-electron chi connectivity index (χ0n) is 4.76. The predicted molar refractivity (Wildman–Crippen MR) is 30.8 cm³/mol. The highest BCUT2D eigenvalue weighted by molar-refractivity contribution is 5.62. The Hall–Kier alpha value is -0.370. The normalized spacial score (nSPS) is 24.1. The van der Waals surface area contributed by atoms with Crippen LogP contribution in [0.2, 0.25) is 0 Å². The molecule has 1 aliphatic carbocycles. The van der Waals surface area contributed by atoms with Crippen molar-refractivity contribution in [3.63, 3.8) is 0 Å². The lowest BCUT2D eigenvalue weighted by Gasteiger charge is -2.34. The van der Waals surface area contributed by atoms with Gasteiger partial charge < -0.3 is 10.5 Å². The molecule has 0 bridgehead atoms. The number of carbonyl (C=O) groups is 1. The maximum absolute atomic E-state index is 10.2. The van der Waals surface area contributed by atoms with Gasteiger partial charge in [0.2, 0.25) is 0 Å². The molecule has 2 N–H and O–H groups in total. The molecule has 0 saturated heterocycles. The number of hydrogen-bond acceptors (Lipinski definition) is 2. The van der Waals surface area contributed by atoms with Crippen LogP contribution in [-0.4, -0.2) is 6.29 Å². The van der Waals surface area contributed by atoms with Crippen LogP contribution in [0.25, 0.3) is 0 Å². The van der Waals surface area contributed by atoms with Crippen LogP contribution in [0, 0.1) is 12.0 Å². The van der Waals surface area contributed by atoms with Crippen molar-refractivity contribution < 1.29 is 4.79 Å². The number of hydrogen-bond donors (Lipinski definition) is 1. The summed E-state index contributed by atoms with van der Waals surface area (Å²) in [4.78, 5) is 10.2. The minimum atomic E-state index is -0.222. The Morgan fingerprint density at radius 3 is 2.12 bits per heavy atom. The van der Waals surface area contributed by atoms with Gasteiger partial charge in [-0.15, -0.1) is 0 Å². The smallest absolute Gasteiger partial charge is 0.127 e. The summed E-state index contributed by atoms with van der Waals surface area (Å²) in [5, 5.41) is 0. The van der Waals surface area contributed by atoms with Crippen molar-refractivity contribution in [1.29, 1.82) is 0 Å². The lowest BCUT2D eigenvalue weighted by molar-refractivity contribution is -0.118. The summed E-state index contributed by atoms with van der Waals surface area (Å²) in [6.45, 7) is 1.52. The summed E-state index contributed by atoms with van der Waals surface area (Å²) in [6.07, 6.45) is 4.00. The van der Waals surface area contributed by atoms with Gasteiger partial charge in [-0.05, 0) is 12.8 Å². The molecule has 0 aliphatic heterocycles. The summed E-state index contributed by atoms with van der Waals surface area (Å²) in [5.41, 5.74) is 5.00. The first kappa shape index (κ1) is 5.76. The Labute approximate surface area is 49.1 Å². The van der Waals surface area contributed by atoms with E-state index >= 15 is 0 Å². The highest BCUT2D eigenvalue weighted by Crippen LogP contribution is 2.39. The van der Waals surface area contributed by atoms with Crippen molar-refractivity contribution in [2.45, 2.75) is 19.3 Å². The average Bonchev–Trinajstić information content (AvgIpc) is 1.67. The highest BCUT2D eigenvalue weighted by Gasteiger charge is 2.35. The molecule has 1 aliphatic rings. The van der Waals surface area contributed by atoms with Gasteiger partial charge in [-0.1, -0.05) is 6.42 Å². The summed E-state index contributed by atoms with van der Waals surface area (Å²) < 4.78 is 0. The third kappa shape index (κ3) is 0.650. The molecule has 0 unspecified atom stereocenters. The summed E-state index contributed by atoms with van der Waals surface area (Å²) in [7, 11) is 0. The second-order valence-electron chi connectivity index (χ2n) is 2.37. The molecule has 0 aromatic carbocycles. The van der Waals surface area contributed by atoms with E-state index in [1.807, 2.05) is 0 Å². The van der Waals surface area contributed by atoms with Gasteiger partial charge in [0.15, 0.2) is 0 Å². The highest BCUT2D eigenvalue weighted by atomic mass is 16.1. The molecule has 0 aromatic heterocycles. The van der Waals surface area contributed by atoms with E-state index < -0.39 is 0 Å². The molecule has 0 amide bonds. The van der Waals surface area contributed by atoms with E-state index in [4.69, 9.17) is 5.73 Å². The molecular formula is C6H10NO. The second-order valence-corrected chi connectivity index (χ2v) is 2.37. The number of rotatable bonds is 2. The first-order chi connectivity index (χ1) is 3.83. The SMILES string of the molecule is N[CH]C1(C=O)CCC1. The maximum Gasteiger partial charge on any atom is 0.127 e. The Kier molecular flexibility index (Phi) is 1.34. The van der Waals surface area contributed by atoms with Crippen LogP contribution in [0.4, 0.5) is 0 Å². The summed E-state index contributed by atoms with van der Waals surface area (Å²) in [6, 6.07) is 0. The van der Waals surface area contributed by atoms with E-state index in [-0.39, 0.29) is 5.41 Å². The molecule has 1 radical (unpaired) electrons. The van der Waals surface area contributed by atoms with Gasteiger partial charge >= 0.3 is 0 Å². The van der Waals surface area contributed by atoms with Crippen molar-refractivity contribution in [3.05, 3.63) is 6.54 Å². The van der Waals surface area contributed by atoms with Crippen LogP contribution in [0.5, 0.6) is 0 Å². The number of nitrogens with two attached hydrogens (primary N) is 1. The molecule has 2 heteroatoms. The van der Waals surface area contributed by atoms with Gasteiger partial charge in [-0.25, -0.2) is 0 Å². The van der Waals surface area contributed by atoms with E-state index in [1.54, 1.807) is 0 Å². The molecule has 2 nitrogen and oxygen atoms in total. The first-order valence-electron chi connectivity index (χ1n) is 2.85. The van der Waals surface area contributed by atoms with Gasteiger partial charge in [0.1, 0.15) is 6.29 Å². The maximum atomic E-state index is 10.2. The number of aldehydes is 1. The van der Waals surface area contributed by atoms with Crippen molar-refractivity contribution in [1.82, 2.24) is 0 Å². The lowest BCUT2D eigenvalue weighted by atomic mass is 9.70. The zero-order chi connectivity index (χ0) is 6.04. The Bertz CT molecular complexity index is 91.2. The quantitative estimate of drug-likeness (QED) is 0.528. The van der Waals surface area contributed by atoms with Crippen molar-refractivity contribution in [2.24, 2.45) is 11.1 Å². The fourth-order valence-corrected chi connectivity index (χ4v) is 0.909. The van der Waals surface area contributed by atoms with Crippen LogP contribution < -0.4 is 5.73 Å². The number of carbonyl (C=O) groups excluding carboxylic acids is 1. The van der Waals surface area contributed by atoms with Crippen molar-refractivity contribution in [3.8, 4) is 0 Å². The van der Waals surface area contributed by atoms with E-state index in [1.165, 1.54) is 6.54 Å². The Morgan fingerprint density at radius 2 is 2.12 bits per heavy atom. The molecule has 0 atom stereocenters. The van der Waals surface area contributed by atoms with Crippen LogP contribution in [-0.2, 0) is 4.79 Å². The van der Waals surface area contributed by atoms with E-state index in [0.717, 1.165) is 25.5 Å². The Morgan fingerprint density at radius 1 is 1.50 bits per heavy atom. The van der Waals surface area contributed by atoms with E-state index in [0.29, 0.717) is 0 Å². The van der Waals surface area contributed by atoms with Crippen LogP contribution in [0.15, 0.2) is 0 Å². The van der Waals surface area contributed by atoms with Gasteiger partial charge in [-0.3, -0.25) is 0 Å². The monoisotopic (exact) mass is 112 g/mol. The van der Waals surface area contributed by atoms with E-state index in [2.05, 4.69) is 0 Å². The standard InChI is InChI=1S/C6H10NO/c7-4-6(5-8)2-1-3-6/h4-5H,1-3,7H2. The van der Waals surface area contributed by atoms with Crippen molar-refractivity contribution >= 4 is 6.29 Å². The fraction of sp³-hybridized carbons (Fsp3) is 0.667. The molecule has 1 rings (SSSR count). The largest absolute Gasteiger partial charge is 0.325 e. The summed E-state index contributed by atoms with van der Waals surface area (Å²) >= 11 is 0. The van der Waals surface area contributed by atoms with Gasteiger partial charge in [0.05, 0.1) is 0 Å². The zero-order valence-corrected chi connectivity index (χ0v) is 4.76. The molecule has 1 saturated carbocycles. The second kappa shape index (κ2) is 1.86. The fourth-order valence-electron chi connectivity index (χ4n) is 0.909. The first-order valence-corrected chi connectivity index (χ1v) is 2.85. The lowest BCUT2D eigenvalue weighted by Crippen LogP contribution is -2.34. The molecule has 0 spiro atoms. The van der Waals surface area contributed by atoms with Crippen LogP contribution in [0.1, 0.15) is 19.3 Å². The Balaban J connectivity index is 2.45. The molecule has 0 heterocycles. The van der Waals surface area contributed by atoms with Gasteiger partial charge in [0, 0.05) is 12.0 Å². The third-order valence-corrected chi connectivity index (χ3v) is 1.85. The molecular weight excluding hydrogens is 102 g/mol. The molecule has 8 heavy (non-hydrogen) atoms. The van der Waals surface area contributed by atoms with E-state index in [9.17, 15) is 4.79 Å². The average molecular weight is 112 g/mol. The third-order valence-electron chi connectivity index (χ3n) is 1.85. The van der Waals surface area contributed by atoms with Gasteiger partial charge in [-0.2, -0.15) is 0 Å². The molecule has 1 fully saturated rings. The van der Waals surface area contributed by atoms with Crippen LogP contribution in [0.3, 0.4) is 0 Å². The topological polar surface area (TPSA) is 43.1 Å². The van der Waals surface area contributed by atoms with Crippen molar-refractivity contribution in [2.75, 3.05) is 0 Å². The predicted octanol–water partition coefficient (Wildman–Crippen LogP) is 0.476.